The molecule has 0 spiro atoms. The van der Waals surface area contributed by atoms with Crippen LogP contribution in [-0.2, 0) is 4.79 Å². The molecule has 36 heavy (non-hydrogen) atoms. The van der Waals surface area contributed by atoms with E-state index in [1.54, 1.807) is 0 Å². The molecule has 0 radical (unpaired) electrons. The summed E-state index contributed by atoms with van der Waals surface area (Å²) < 4.78 is 5.41. The third-order valence-electron chi connectivity index (χ3n) is 5.53. The van der Waals surface area contributed by atoms with Crippen LogP contribution in [0.5, 0.6) is 5.75 Å². The molecule has 0 saturated carbocycles. The van der Waals surface area contributed by atoms with Crippen LogP contribution in [0, 0.1) is 0 Å². The van der Waals surface area contributed by atoms with E-state index < -0.39 is 0 Å². The summed E-state index contributed by atoms with van der Waals surface area (Å²) in [5, 5.41) is 8.25. The molecule has 0 bridgehead atoms. The molecule has 0 aliphatic heterocycles. The average Bonchev–Trinajstić information content (AvgIpc) is 3.39. The Balaban J connectivity index is 0.00000247. The second kappa shape index (κ2) is 17.0. The molecule has 1 aromatic heterocycles. The van der Waals surface area contributed by atoms with E-state index in [4.69, 9.17) is 4.74 Å². The van der Waals surface area contributed by atoms with Gasteiger partial charge in [0.15, 0.2) is 5.78 Å². The van der Waals surface area contributed by atoms with E-state index in [0.717, 1.165) is 47.0 Å². The number of aromatic amines is 1. The van der Waals surface area contributed by atoms with Gasteiger partial charge in [0.1, 0.15) is 12.4 Å². The van der Waals surface area contributed by atoms with E-state index in [-0.39, 0.29) is 13.8 Å². The lowest BCUT2D eigenvalue weighted by molar-refractivity contribution is -0.118. The first-order chi connectivity index (χ1) is 17.5. The fourth-order valence-electron chi connectivity index (χ4n) is 3.50. The van der Waals surface area contributed by atoms with Crippen molar-refractivity contribution in [1.29, 1.82) is 0 Å². The molecule has 1 heterocycles. The number of ether oxygens (including phenoxy) is 1. The molecule has 5 heteroatoms. The smallest absolute Gasteiger partial charge is 0.167 e. The van der Waals surface area contributed by atoms with E-state index in [1.807, 2.05) is 65.2 Å². The van der Waals surface area contributed by atoms with Crippen LogP contribution in [0.15, 0.2) is 72.4 Å². The van der Waals surface area contributed by atoms with Crippen molar-refractivity contribution in [3.05, 3.63) is 78.5 Å². The summed E-state index contributed by atoms with van der Waals surface area (Å²) in [6.45, 7) is 16.1. The van der Waals surface area contributed by atoms with E-state index >= 15 is 0 Å². The number of aromatic nitrogens is 2. The van der Waals surface area contributed by atoms with Gasteiger partial charge in [0.05, 0.1) is 11.7 Å². The molecule has 0 amide bonds. The standard InChI is InChI=1S/C27H31N3O2.2C2H6.H2/c1-19(22-9-13-26(14-10-22)32-18-21(3)31)6-5-7-25(28-4)12-8-20(2)23-11-15-27-24(16-23)17-29-30-27;2*1-2;/h5,7,9-11,13-17,20H,1,6,8,12,18H2,2-4H3,(H,29,30);2*1-2H3;1H/b7-5-,28-25?;;;. The van der Waals surface area contributed by atoms with Crippen molar-refractivity contribution in [2.75, 3.05) is 13.7 Å². The molecule has 5 nitrogen and oxygen atoms in total. The molecule has 1 N–H and O–H groups in total. The number of benzene rings is 2. The number of allylic oxidation sites excluding steroid dienone is 3. The molecular weight excluding hydrogens is 446 g/mol. The van der Waals surface area contributed by atoms with Gasteiger partial charge in [-0.05, 0) is 79.1 Å². The zero-order valence-electron chi connectivity index (χ0n) is 23.1. The van der Waals surface area contributed by atoms with Crippen LogP contribution in [0.1, 0.15) is 79.3 Å². The van der Waals surface area contributed by atoms with Crippen LogP contribution in [-0.4, -0.2) is 35.3 Å². The number of hydrogen-bond acceptors (Lipinski definition) is 4. The molecule has 0 saturated heterocycles. The van der Waals surface area contributed by atoms with Gasteiger partial charge in [-0.25, -0.2) is 0 Å². The highest BCUT2D eigenvalue weighted by molar-refractivity contribution is 5.95. The van der Waals surface area contributed by atoms with E-state index in [1.165, 1.54) is 12.5 Å². The van der Waals surface area contributed by atoms with Gasteiger partial charge in [0, 0.05) is 19.6 Å². The highest BCUT2D eigenvalue weighted by Crippen LogP contribution is 2.25. The molecule has 0 aliphatic carbocycles. The topological polar surface area (TPSA) is 67.3 Å². The number of aliphatic imine (C=N–C) groups is 1. The minimum Gasteiger partial charge on any atom is -0.486 e. The maximum absolute atomic E-state index is 11.0. The van der Waals surface area contributed by atoms with Gasteiger partial charge in [0.2, 0.25) is 0 Å². The number of ketones is 1. The first-order valence-electron chi connectivity index (χ1n) is 12.9. The van der Waals surface area contributed by atoms with E-state index in [0.29, 0.717) is 11.7 Å². The SMILES string of the molecule is C=C(C/C=C\C(CCC(C)c1ccc2[nH]ncc2c1)=NC)c1ccc(OCC(C)=O)cc1.CC.CC.[HH]. The first kappa shape index (κ1) is 30.6. The van der Waals surface area contributed by atoms with Gasteiger partial charge in [-0.1, -0.05) is 65.5 Å². The molecule has 0 fully saturated rings. The Bertz CT molecular complexity index is 1130. The van der Waals surface area contributed by atoms with Crippen molar-refractivity contribution in [1.82, 2.24) is 10.2 Å². The Morgan fingerprint density at radius 3 is 2.50 bits per heavy atom. The normalized spacial score (nSPS) is 11.8. The Labute approximate surface area is 218 Å². The number of carbonyl (C=O) groups excluding carboxylic acids is 1. The summed E-state index contributed by atoms with van der Waals surface area (Å²) in [6.07, 6.45) is 8.79. The molecule has 3 rings (SSSR count). The number of carbonyl (C=O) groups is 1. The third kappa shape index (κ3) is 10.0. The van der Waals surface area contributed by atoms with Crippen LogP contribution < -0.4 is 4.74 Å². The average molecular weight is 492 g/mol. The van der Waals surface area contributed by atoms with E-state index in [2.05, 4.69) is 59.0 Å². The predicted octanol–water partition coefficient (Wildman–Crippen LogP) is 8.44. The number of hydrogen-bond donors (Lipinski definition) is 1. The minimum absolute atomic E-state index is 0. The molecule has 0 aliphatic rings. The molecule has 196 valence electrons. The highest BCUT2D eigenvalue weighted by atomic mass is 16.5. The van der Waals surface area contributed by atoms with Crippen molar-refractivity contribution < 1.29 is 11.0 Å². The van der Waals surface area contributed by atoms with Gasteiger partial charge >= 0.3 is 0 Å². The summed E-state index contributed by atoms with van der Waals surface area (Å²) in [4.78, 5) is 15.5. The zero-order chi connectivity index (χ0) is 26.9. The number of fused-ring (bicyclic) bond motifs is 1. The van der Waals surface area contributed by atoms with Crippen molar-refractivity contribution in [2.24, 2.45) is 4.99 Å². The Hall–Kier alpha value is -3.47. The molecule has 1 unspecified atom stereocenters. The van der Waals surface area contributed by atoms with Gasteiger partial charge in [-0.15, -0.1) is 0 Å². The van der Waals surface area contributed by atoms with Gasteiger partial charge in [-0.2, -0.15) is 5.10 Å². The Morgan fingerprint density at radius 1 is 1.17 bits per heavy atom. The lowest BCUT2D eigenvalue weighted by Gasteiger charge is -2.12. The minimum atomic E-state index is 0. The van der Waals surface area contributed by atoms with Crippen LogP contribution in [0.2, 0.25) is 0 Å². The largest absolute Gasteiger partial charge is 0.486 e. The van der Waals surface area contributed by atoms with E-state index in [9.17, 15) is 4.79 Å². The number of H-pyrrole nitrogens is 1. The van der Waals surface area contributed by atoms with Crippen LogP contribution in [0.3, 0.4) is 0 Å². The summed E-state index contributed by atoms with van der Waals surface area (Å²) in [6, 6.07) is 14.2. The second-order valence-corrected chi connectivity index (χ2v) is 8.10. The second-order valence-electron chi connectivity index (χ2n) is 8.10. The summed E-state index contributed by atoms with van der Waals surface area (Å²) >= 11 is 0. The van der Waals surface area contributed by atoms with Gasteiger partial charge in [0.25, 0.3) is 0 Å². The molecular formula is C31H45N3O2. The number of nitrogens with one attached hydrogen (secondary N) is 1. The monoisotopic (exact) mass is 491 g/mol. The lowest BCUT2D eigenvalue weighted by Crippen LogP contribution is -2.06. The maximum atomic E-state index is 11.0. The van der Waals surface area contributed by atoms with Gasteiger partial charge in [-0.3, -0.25) is 14.9 Å². The Kier molecular flexibility index (Phi) is 14.5. The zero-order valence-corrected chi connectivity index (χ0v) is 23.1. The van der Waals surface area contributed by atoms with Crippen LogP contribution >= 0.6 is 0 Å². The lowest BCUT2D eigenvalue weighted by atomic mass is 9.94. The van der Waals surface area contributed by atoms with Gasteiger partial charge < -0.3 is 4.74 Å². The fraction of sp³-hybridized carbons (Fsp3) is 0.387. The van der Waals surface area contributed by atoms with Crippen molar-refractivity contribution in [3.63, 3.8) is 0 Å². The predicted molar refractivity (Wildman–Crippen MR) is 157 cm³/mol. The Morgan fingerprint density at radius 2 is 1.86 bits per heavy atom. The highest BCUT2D eigenvalue weighted by Gasteiger charge is 2.08. The van der Waals surface area contributed by atoms with Crippen LogP contribution in [0.25, 0.3) is 16.5 Å². The van der Waals surface area contributed by atoms with Crippen molar-refractivity contribution in [2.45, 2.75) is 66.7 Å². The summed E-state index contributed by atoms with van der Waals surface area (Å²) in [5.74, 6) is 1.14. The van der Waals surface area contributed by atoms with Crippen molar-refractivity contribution in [3.8, 4) is 5.75 Å². The summed E-state index contributed by atoms with van der Waals surface area (Å²) in [5.41, 5.74) is 5.56. The number of Topliss-reactive ketones (excluding diaryl/α,β-unsaturated/α-hetero) is 1. The number of rotatable bonds is 11. The quantitative estimate of drug-likeness (QED) is 0.274. The summed E-state index contributed by atoms with van der Waals surface area (Å²) in [7, 11) is 1.84. The molecule has 1 atom stereocenters. The fourth-order valence-corrected chi connectivity index (χ4v) is 3.50. The molecule has 2 aromatic carbocycles. The maximum Gasteiger partial charge on any atom is 0.167 e. The van der Waals surface area contributed by atoms with Crippen molar-refractivity contribution >= 4 is 28.0 Å². The van der Waals surface area contributed by atoms with Crippen LogP contribution in [0.4, 0.5) is 0 Å². The first-order valence-corrected chi connectivity index (χ1v) is 12.9. The molecule has 3 aromatic rings. The number of nitrogens with zero attached hydrogens (tertiary/aromatic N) is 2. The third-order valence-corrected chi connectivity index (χ3v) is 5.53.